The molecular formula is C17H29NO3. The van der Waals surface area contributed by atoms with Gasteiger partial charge in [0.2, 0.25) is 0 Å². The highest BCUT2D eigenvalue weighted by atomic mass is 16.4. The summed E-state index contributed by atoms with van der Waals surface area (Å²) in [6.07, 6.45) is 10.6. The van der Waals surface area contributed by atoms with E-state index in [1.54, 1.807) is 0 Å². The average molecular weight is 295 g/mol. The molecule has 0 aromatic carbocycles. The summed E-state index contributed by atoms with van der Waals surface area (Å²) in [5.74, 6) is -1.08. The lowest BCUT2D eigenvalue weighted by molar-refractivity contribution is -0.131. The molecule has 4 nitrogen and oxygen atoms in total. The van der Waals surface area contributed by atoms with Crippen LogP contribution >= 0.6 is 0 Å². The molecule has 0 heterocycles. The normalized spacial score (nSPS) is 24.3. The molecule has 1 N–H and O–H groups in total. The van der Waals surface area contributed by atoms with Gasteiger partial charge in [0.1, 0.15) is 11.6 Å². The van der Waals surface area contributed by atoms with Crippen LogP contribution in [0.3, 0.4) is 0 Å². The molecule has 0 radical (unpaired) electrons. The Labute approximate surface area is 128 Å². The third-order valence-electron chi connectivity index (χ3n) is 4.53. The van der Waals surface area contributed by atoms with E-state index in [4.69, 9.17) is 0 Å². The molecule has 1 atom stereocenters. The first-order valence-electron chi connectivity index (χ1n) is 8.29. The number of Topliss-reactive ketones (excluding diaryl/α,β-unsaturated/α-hetero) is 2. The third-order valence-corrected chi connectivity index (χ3v) is 4.53. The molecule has 1 saturated carbocycles. The molecular weight excluding hydrogens is 266 g/mol. The zero-order chi connectivity index (χ0) is 15.7. The van der Waals surface area contributed by atoms with E-state index in [2.05, 4.69) is 5.16 Å². The molecule has 1 fully saturated rings. The predicted octanol–water partition coefficient (Wildman–Crippen LogP) is 4.14. The van der Waals surface area contributed by atoms with Gasteiger partial charge in [0.15, 0.2) is 0 Å². The number of carbonyl (C=O) groups excluding carboxylic acids is 2. The minimum absolute atomic E-state index is 0.110. The van der Waals surface area contributed by atoms with Gasteiger partial charge in [0.05, 0.1) is 11.6 Å². The van der Waals surface area contributed by atoms with Gasteiger partial charge in [-0.3, -0.25) is 9.59 Å². The molecule has 1 unspecified atom stereocenters. The van der Waals surface area contributed by atoms with Gasteiger partial charge in [0.25, 0.3) is 0 Å². The smallest absolute Gasteiger partial charge is 0.140 e. The van der Waals surface area contributed by atoms with Gasteiger partial charge in [-0.1, -0.05) is 50.1 Å². The van der Waals surface area contributed by atoms with Crippen molar-refractivity contribution in [2.24, 2.45) is 17.0 Å². The maximum absolute atomic E-state index is 11.9. The molecule has 0 saturated heterocycles. The summed E-state index contributed by atoms with van der Waals surface area (Å²) in [6, 6.07) is 0. The molecule has 0 aliphatic heterocycles. The number of hydrogen-bond donors (Lipinski definition) is 1. The fourth-order valence-electron chi connectivity index (χ4n) is 3.42. The molecule has 1 aliphatic carbocycles. The highest BCUT2D eigenvalue weighted by Crippen LogP contribution is 2.27. The minimum atomic E-state index is -0.640. The Kier molecular flexibility index (Phi) is 8.24. The summed E-state index contributed by atoms with van der Waals surface area (Å²) < 4.78 is 0. The molecule has 120 valence electrons. The van der Waals surface area contributed by atoms with Crippen LogP contribution in [0, 0.1) is 11.8 Å². The van der Waals surface area contributed by atoms with E-state index in [-0.39, 0.29) is 17.5 Å². The lowest BCUT2D eigenvalue weighted by Crippen LogP contribution is -2.34. The molecule has 0 bridgehead atoms. The first-order valence-corrected chi connectivity index (χ1v) is 8.29. The van der Waals surface area contributed by atoms with E-state index in [1.165, 1.54) is 39.5 Å². The molecule has 0 aromatic rings. The van der Waals surface area contributed by atoms with Crippen molar-refractivity contribution >= 4 is 17.3 Å². The van der Waals surface area contributed by atoms with Crippen LogP contribution in [0.1, 0.15) is 78.1 Å². The number of oxime groups is 1. The molecule has 0 amide bonds. The topological polar surface area (TPSA) is 66.7 Å². The zero-order valence-electron chi connectivity index (χ0n) is 13.4. The highest BCUT2D eigenvalue weighted by molar-refractivity contribution is 6.05. The fourth-order valence-corrected chi connectivity index (χ4v) is 3.42. The first-order chi connectivity index (χ1) is 10.1. The molecule has 21 heavy (non-hydrogen) atoms. The van der Waals surface area contributed by atoms with Crippen LogP contribution in [-0.4, -0.2) is 22.5 Å². The minimum Gasteiger partial charge on any atom is -0.411 e. The van der Waals surface area contributed by atoms with Gasteiger partial charge in [-0.25, -0.2) is 0 Å². The SMILES string of the molecule is CC(=O)C(C(C)=O)C1CCCCCCCCCC/C1=N/O. The lowest BCUT2D eigenvalue weighted by atomic mass is 9.78. The van der Waals surface area contributed by atoms with Crippen LogP contribution in [0.2, 0.25) is 0 Å². The highest BCUT2D eigenvalue weighted by Gasteiger charge is 2.33. The number of rotatable bonds is 3. The number of ketones is 2. The Hall–Kier alpha value is -1.19. The van der Waals surface area contributed by atoms with Crippen LogP contribution in [0.4, 0.5) is 0 Å². The van der Waals surface area contributed by atoms with Crippen molar-refractivity contribution in [3.63, 3.8) is 0 Å². The van der Waals surface area contributed by atoms with Crippen molar-refractivity contribution in [1.82, 2.24) is 0 Å². The van der Waals surface area contributed by atoms with E-state index in [0.717, 1.165) is 32.1 Å². The summed E-state index contributed by atoms with van der Waals surface area (Å²) in [5.41, 5.74) is 0.644. The molecule has 1 rings (SSSR count). The van der Waals surface area contributed by atoms with Crippen molar-refractivity contribution in [3.05, 3.63) is 0 Å². The van der Waals surface area contributed by atoms with Gasteiger partial charge in [-0.05, 0) is 33.1 Å². The number of nitrogens with zero attached hydrogens (tertiary/aromatic N) is 1. The Morgan fingerprint density at radius 1 is 0.952 bits per heavy atom. The summed E-state index contributed by atoms with van der Waals surface area (Å²) in [4.78, 5) is 23.7. The second-order valence-electron chi connectivity index (χ2n) is 6.26. The van der Waals surface area contributed by atoms with E-state index in [0.29, 0.717) is 12.1 Å². The molecule has 1 aliphatic rings. The van der Waals surface area contributed by atoms with Crippen molar-refractivity contribution in [2.45, 2.75) is 78.1 Å². The van der Waals surface area contributed by atoms with Crippen LogP contribution in [0.25, 0.3) is 0 Å². The van der Waals surface area contributed by atoms with E-state index in [1.807, 2.05) is 0 Å². The van der Waals surface area contributed by atoms with Crippen LogP contribution in [-0.2, 0) is 9.59 Å². The number of carbonyl (C=O) groups is 2. The lowest BCUT2D eigenvalue weighted by Gasteiger charge is -2.24. The van der Waals surface area contributed by atoms with Crippen molar-refractivity contribution < 1.29 is 14.8 Å². The number of hydrogen-bond acceptors (Lipinski definition) is 4. The Bertz CT molecular complexity index is 362. The van der Waals surface area contributed by atoms with Gasteiger partial charge in [0, 0.05) is 5.92 Å². The van der Waals surface area contributed by atoms with Crippen LogP contribution < -0.4 is 0 Å². The fraction of sp³-hybridized carbons (Fsp3) is 0.824. The van der Waals surface area contributed by atoms with Gasteiger partial charge in [-0.15, -0.1) is 0 Å². The van der Waals surface area contributed by atoms with E-state index in [9.17, 15) is 14.8 Å². The Balaban J connectivity index is 2.88. The maximum Gasteiger partial charge on any atom is 0.140 e. The first kappa shape index (κ1) is 17.9. The van der Waals surface area contributed by atoms with Crippen molar-refractivity contribution in [2.75, 3.05) is 0 Å². The van der Waals surface area contributed by atoms with Crippen molar-refractivity contribution in [3.8, 4) is 0 Å². The van der Waals surface area contributed by atoms with Crippen LogP contribution in [0.15, 0.2) is 5.16 Å². The van der Waals surface area contributed by atoms with Crippen LogP contribution in [0.5, 0.6) is 0 Å². The maximum atomic E-state index is 11.9. The molecule has 4 heteroatoms. The van der Waals surface area contributed by atoms with Gasteiger partial charge in [-0.2, -0.15) is 0 Å². The monoisotopic (exact) mass is 295 g/mol. The third kappa shape index (κ3) is 5.98. The van der Waals surface area contributed by atoms with E-state index < -0.39 is 5.92 Å². The predicted molar refractivity (Wildman–Crippen MR) is 83.7 cm³/mol. The molecule has 0 aromatic heterocycles. The summed E-state index contributed by atoms with van der Waals surface area (Å²) in [7, 11) is 0. The second kappa shape index (κ2) is 9.69. The van der Waals surface area contributed by atoms with E-state index >= 15 is 0 Å². The van der Waals surface area contributed by atoms with Gasteiger partial charge >= 0.3 is 0 Å². The summed E-state index contributed by atoms with van der Waals surface area (Å²) in [5, 5.41) is 12.8. The summed E-state index contributed by atoms with van der Waals surface area (Å²) >= 11 is 0. The Morgan fingerprint density at radius 3 is 1.90 bits per heavy atom. The largest absolute Gasteiger partial charge is 0.411 e. The second-order valence-corrected chi connectivity index (χ2v) is 6.26. The Morgan fingerprint density at radius 2 is 1.43 bits per heavy atom. The molecule has 0 spiro atoms. The quantitative estimate of drug-likeness (QED) is 0.483. The van der Waals surface area contributed by atoms with Crippen molar-refractivity contribution in [1.29, 1.82) is 0 Å². The average Bonchev–Trinajstić information content (AvgIpc) is 2.41. The summed E-state index contributed by atoms with van der Waals surface area (Å²) in [6.45, 7) is 2.94. The van der Waals surface area contributed by atoms with Gasteiger partial charge < -0.3 is 5.21 Å². The zero-order valence-corrected chi connectivity index (χ0v) is 13.4. The standard InChI is InChI=1S/C17H29NO3/c1-13(19)17(14(2)20)15-11-9-7-5-3-4-6-8-10-12-16(15)18-21/h15,17,21H,3-12H2,1-2H3/b18-16-.